The highest BCUT2D eigenvalue weighted by atomic mass is 16.1. The molecule has 0 bridgehead atoms. The first-order valence-corrected chi connectivity index (χ1v) is 12.7. The molecule has 0 unspecified atom stereocenters. The smallest absolute Gasteiger partial charge is 0.120 e. The van der Waals surface area contributed by atoms with Crippen molar-refractivity contribution < 1.29 is 4.79 Å². The van der Waals surface area contributed by atoms with Crippen molar-refractivity contribution in [3.8, 4) is 0 Å². The molecule has 0 aliphatic heterocycles. The second-order valence-corrected chi connectivity index (χ2v) is 12.8. The molecule has 0 heterocycles. The maximum absolute atomic E-state index is 11.0. The topological polar surface area (TPSA) is 17.1 Å². The minimum absolute atomic E-state index is 0.391. The van der Waals surface area contributed by atoms with Crippen LogP contribution in [0.4, 0.5) is 0 Å². The minimum atomic E-state index is 0.391. The maximum atomic E-state index is 11.0. The van der Waals surface area contributed by atoms with E-state index in [1.807, 2.05) is 11.1 Å². The third-order valence-electron chi connectivity index (χ3n) is 11.8. The highest BCUT2D eigenvalue weighted by molar-refractivity contribution is 5.49. The highest BCUT2D eigenvalue weighted by Crippen LogP contribution is 2.72. The predicted octanol–water partition coefficient (Wildman–Crippen LogP) is 7.99. The van der Waals surface area contributed by atoms with Crippen molar-refractivity contribution in [3.63, 3.8) is 0 Å². The standard InChI is InChI=1S/C28H46O/c1-19(9-8-18-29)21-13-16-28(7)23-10-11-24-25(3,4)20(2)12-15-26(24,5)22(23)14-17-27(21,28)6/h18-21,24H,8-17H2,1-7H3/t19-,20+,21-,24+,26-,27-,28+/m1/s1. The number of carbonyl (C=O) groups excluding carboxylic acids is 1. The van der Waals surface area contributed by atoms with Crippen LogP contribution < -0.4 is 0 Å². The Kier molecular flexibility index (Phi) is 5.19. The summed E-state index contributed by atoms with van der Waals surface area (Å²) in [7, 11) is 0. The van der Waals surface area contributed by atoms with Crippen molar-refractivity contribution >= 4 is 6.29 Å². The van der Waals surface area contributed by atoms with Gasteiger partial charge in [-0.05, 0) is 103 Å². The molecule has 0 aromatic rings. The first kappa shape index (κ1) is 21.6. The molecule has 0 N–H and O–H groups in total. The molecule has 4 aliphatic carbocycles. The van der Waals surface area contributed by atoms with Gasteiger partial charge in [0.15, 0.2) is 0 Å². The van der Waals surface area contributed by atoms with Crippen LogP contribution in [-0.4, -0.2) is 6.29 Å². The Morgan fingerprint density at radius 3 is 2.38 bits per heavy atom. The summed E-state index contributed by atoms with van der Waals surface area (Å²) in [6.07, 6.45) is 14.0. The van der Waals surface area contributed by atoms with Crippen molar-refractivity contribution in [2.45, 2.75) is 113 Å². The van der Waals surface area contributed by atoms with Gasteiger partial charge in [-0.3, -0.25) is 0 Å². The first-order valence-electron chi connectivity index (χ1n) is 12.7. The summed E-state index contributed by atoms with van der Waals surface area (Å²) in [5.41, 5.74) is 5.54. The molecular formula is C28H46O. The van der Waals surface area contributed by atoms with E-state index in [0.29, 0.717) is 27.6 Å². The quantitative estimate of drug-likeness (QED) is 0.346. The largest absolute Gasteiger partial charge is 0.303 e. The molecule has 0 radical (unpaired) electrons. The van der Waals surface area contributed by atoms with E-state index in [2.05, 4.69) is 48.5 Å². The van der Waals surface area contributed by atoms with Gasteiger partial charge in [-0.2, -0.15) is 0 Å². The maximum Gasteiger partial charge on any atom is 0.120 e. The molecule has 0 spiro atoms. The summed E-state index contributed by atoms with van der Waals surface area (Å²) in [6, 6.07) is 0. The van der Waals surface area contributed by atoms with Crippen LogP contribution in [0.5, 0.6) is 0 Å². The van der Waals surface area contributed by atoms with Crippen molar-refractivity contribution in [1.82, 2.24) is 0 Å². The van der Waals surface area contributed by atoms with E-state index < -0.39 is 0 Å². The van der Waals surface area contributed by atoms with Crippen LogP contribution in [0.1, 0.15) is 113 Å². The number of rotatable bonds is 4. The lowest BCUT2D eigenvalue weighted by atomic mass is 9.42. The van der Waals surface area contributed by atoms with E-state index >= 15 is 0 Å². The average Bonchev–Trinajstić information content (AvgIpc) is 2.95. The van der Waals surface area contributed by atoms with E-state index in [9.17, 15) is 4.79 Å². The van der Waals surface area contributed by atoms with Gasteiger partial charge in [0.1, 0.15) is 6.29 Å². The van der Waals surface area contributed by atoms with Crippen molar-refractivity contribution in [1.29, 1.82) is 0 Å². The molecule has 1 heteroatoms. The van der Waals surface area contributed by atoms with Crippen LogP contribution in [0, 0.1) is 45.3 Å². The molecular weight excluding hydrogens is 352 g/mol. The Bertz CT molecular complexity index is 701. The molecule has 7 atom stereocenters. The van der Waals surface area contributed by atoms with Gasteiger partial charge in [0.05, 0.1) is 0 Å². The fourth-order valence-corrected chi connectivity index (χ4v) is 9.35. The van der Waals surface area contributed by atoms with Crippen LogP contribution >= 0.6 is 0 Å². The number of allylic oxidation sites excluding steroid dienone is 2. The summed E-state index contributed by atoms with van der Waals surface area (Å²) < 4.78 is 0. The van der Waals surface area contributed by atoms with Crippen LogP contribution in [0.3, 0.4) is 0 Å². The fraction of sp³-hybridized carbons (Fsp3) is 0.893. The molecule has 0 amide bonds. The zero-order chi connectivity index (χ0) is 21.2. The Hall–Kier alpha value is -0.590. The minimum Gasteiger partial charge on any atom is -0.303 e. The number of fused-ring (bicyclic) bond motifs is 4. The van der Waals surface area contributed by atoms with Gasteiger partial charge in [-0.15, -0.1) is 0 Å². The monoisotopic (exact) mass is 398 g/mol. The second kappa shape index (κ2) is 6.96. The fourth-order valence-electron chi connectivity index (χ4n) is 9.35. The summed E-state index contributed by atoms with van der Waals surface area (Å²) in [6.45, 7) is 18.0. The second-order valence-electron chi connectivity index (χ2n) is 12.8. The van der Waals surface area contributed by atoms with Crippen molar-refractivity contribution in [2.24, 2.45) is 45.3 Å². The van der Waals surface area contributed by atoms with E-state index in [-0.39, 0.29) is 0 Å². The van der Waals surface area contributed by atoms with Crippen LogP contribution in [0.2, 0.25) is 0 Å². The lowest BCUT2D eigenvalue weighted by Crippen LogP contribution is -2.53. The third-order valence-corrected chi connectivity index (χ3v) is 11.8. The highest BCUT2D eigenvalue weighted by Gasteiger charge is 2.62. The average molecular weight is 399 g/mol. The number of aldehydes is 1. The lowest BCUT2D eigenvalue weighted by Gasteiger charge is -2.62. The predicted molar refractivity (Wildman–Crippen MR) is 123 cm³/mol. The molecule has 0 aromatic heterocycles. The van der Waals surface area contributed by atoms with Gasteiger partial charge >= 0.3 is 0 Å². The molecule has 2 fully saturated rings. The third kappa shape index (κ3) is 2.81. The number of carbonyl (C=O) groups is 1. The van der Waals surface area contributed by atoms with Crippen LogP contribution in [0.15, 0.2) is 11.1 Å². The van der Waals surface area contributed by atoms with Gasteiger partial charge in [-0.1, -0.05) is 59.6 Å². The Labute approximate surface area is 180 Å². The van der Waals surface area contributed by atoms with Crippen LogP contribution in [-0.2, 0) is 4.79 Å². The van der Waals surface area contributed by atoms with Gasteiger partial charge < -0.3 is 4.79 Å². The number of hydrogen-bond acceptors (Lipinski definition) is 1. The Morgan fingerprint density at radius 2 is 1.69 bits per heavy atom. The summed E-state index contributed by atoms with van der Waals surface area (Å²) >= 11 is 0. The summed E-state index contributed by atoms with van der Waals surface area (Å²) in [4.78, 5) is 11.0. The Morgan fingerprint density at radius 1 is 0.966 bits per heavy atom. The molecule has 4 aliphatic rings. The van der Waals surface area contributed by atoms with Crippen molar-refractivity contribution in [3.05, 3.63) is 11.1 Å². The zero-order valence-corrected chi connectivity index (χ0v) is 20.4. The van der Waals surface area contributed by atoms with Crippen molar-refractivity contribution in [2.75, 3.05) is 0 Å². The van der Waals surface area contributed by atoms with Gasteiger partial charge in [0.25, 0.3) is 0 Å². The van der Waals surface area contributed by atoms with Gasteiger partial charge in [0, 0.05) is 6.42 Å². The zero-order valence-electron chi connectivity index (χ0n) is 20.4. The van der Waals surface area contributed by atoms with E-state index in [4.69, 9.17) is 0 Å². The normalized spacial score (nSPS) is 47.2. The molecule has 1 nitrogen and oxygen atoms in total. The first-order chi connectivity index (χ1) is 13.5. The Balaban J connectivity index is 1.71. The molecule has 2 saturated carbocycles. The molecule has 29 heavy (non-hydrogen) atoms. The SMILES string of the molecule is C[C@H](CCC=O)[C@H]1CC[C@@]2(C)C3=C(CC[C@]12C)[C@@]1(C)CC[C@H](C)C(C)(C)[C@@H]1CC3. The molecule has 4 rings (SSSR count). The lowest BCUT2D eigenvalue weighted by molar-refractivity contribution is -0.108. The number of hydrogen-bond donors (Lipinski definition) is 0. The van der Waals surface area contributed by atoms with E-state index in [0.717, 1.165) is 36.9 Å². The van der Waals surface area contributed by atoms with E-state index in [1.54, 1.807) is 0 Å². The van der Waals surface area contributed by atoms with E-state index in [1.165, 1.54) is 51.4 Å². The summed E-state index contributed by atoms with van der Waals surface area (Å²) in [5.74, 6) is 3.17. The molecule has 164 valence electrons. The molecule has 0 saturated heterocycles. The van der Waals surface area contributed by atoms with Crippen LogP contribution in [0.25, 0.3) is 0 Å². The van der Waals surface area contributed by atoms with Gasteiger partial charge in [-0.25, -0.2) is 0 Å². The molecule has 0 aromatic carbocycles. The van der Waals surface area contributed by atoms with Gasteiger partial charge in [0.2, 0.25) is 0 Å². The summed E-state index contributed by atoms with van der Waals surface area (Å²) in [5, 5.41) is 0.